The van der Waals surface area contributed by atoms with Gasteiger partial charge in [0.2, 0.25) is 6.08 Å². The molecule has 0 rings (SSSR count). The summed E-state index contributed by atoms with van der Waals surface area (Å²) in [6.45, 7) is 0. The van der Waals surface area contributed by atoms with Gasteiger partial charge in [0.05, 0.1) is 0 Å². The predicted molar refractivity (Wildman–Crippen MR) is 24.0 cm³/mol. The summed E-state index contributed by atoms with van der Waals surface area (Å²) in [6.07, 6.45) is -7.30. The molecule has 2 nitrogen and oxygen atoms in total. The van der Waals surface area contributed by atoms with Crippen molar-refractivity contribution in [2.24, 2.45) is 4.99 Å². The number of hydrogen-bond donors (Lipinski definition) is 0. The lowest BCUT2D eigenvalue weighted by molar-refractivity contribution is -0.168. The lowest BCUT2D eigenvalue weighted by atomic mass is 10.3. The summed E-state index contributed by atoms with van der Waals surface area (Å²) < 4.78 is 57.6. The molecular weight excluding hydrogens is 173 g/mol. The Morgan fingerprint density at radius 1 is 1.27 bits per heavy atom. The molecule has 64 valence electrons. The molecule has 11 heavy (non-hydrogen) atoms. The molecule has 0 aliphatic carbocycles. The summed E-state index contributed by atoms with van der Waals surface area (Å²) in [7, 11) is 0. The Kier molecular flexibility index (Phi) is 3.13. The fraction of sp³-hybridized carbons (Fsp3) is 0.750. The quantitative estimate of drug-likeness (QED) is 0.276. The Morgan fingerprint density at radius 3 is 2.00 bits per heavy atom. The van der Waals surface area contributed by atoms with Crippen molar-refractivity contribution in [2.45, 2.75) is 18.6 Å². The molecule has 0 spiro atoms. The summed E-state index contributed by atoms with van der Waals surface area (Å²) >= 11 is 0. The maximum Gasteiger partial charge on any atom is 0.358 e. The molecule has 0 N–H and O–H groups in total. The fourth-order valence-electron chi connectivity index (χ4n) is 0.236. The average Bonchev–Trinajstić information content (AvgIpc) is 1.88. The largest absolute Gasteiger partial charge is 0.358 e. The highest BCUT2D eigenvalue weighted by Crippen LogP contribution is 2.29. The van der Waals surface area contributed by atoms with Crippen LogP contribution in [0, 0.1) is 0 Å². The molecule has 0 saturated carbocycles. The Bertz CT molecular complexity index is 175. The topological polar surface area (TPSA) is 29.4 Å². The number of alkyl halides is 5. The second-order valence-electron chi connectivity index (χ2n) is 1.53. The highest BCUT2D eigenvalue weighted by atomic mass is 19.3. The third-order valence-electron chi connectivity index (χ3n) is 0.775. The molecule has 0 aromatic rings. The van der Waals surface area contributed by atoms with Crippen molar-refractivity contribution in [3.63, 3.8) is 0 Å². The van der Waals surface area contributed by atoms with Crippen LogP contribution in [-0.4, -0.2) is 24.7 Å². The number of carbonyl (C=O) groups excluding carboxylic acids is 1. The molecule has 7 heteroatoms. The predicted octanol–water partition coefficient (Wildman–Crippen LogP) is 1.52. The first kappa shape index (κ1) is 10.0. The van der Waals surface area contributed by atoms with Gasteiger partial charge < -0.3 is 0 Å². The smallest absolute Gasteiger partial charge is 0.214 e. The van der Waals surface area contributed by atoms with Gasteiger partial charge in [0.1, 0.15) is 0 Å². The third kappa shape index (κ3) is 2.27. The van der Waals surface area contributed by atoms with Crippen molar-refractivity contribution in [3.05, 3.63) is 0 Å². The van der Waals surface area contributed by atoms with Crippen molar-refractivity contribution in [3.8, 4) is 0 Å². The molecule has 0 saturated heterocycles. The van der Waals surface area contributed by atoms with E-state index in [1.165, 1.54) is 0 Å². The molecule has 0 heterocycles. The maximum absolute atomic E-state index is 11.8. The average molecular weight is 175 g/mol. The normalized spacial score (nSPS) is 14.4. The first-order valence-corrected chi connectivity index (χ1v) is 2.30. The van der Waals surface area contributed by atoms with Crippen LogP contribution >= 0.6 is 0 Å². The molecule has 0 amide bonds. The van der Waals surface area contributed by atoms with Gasteiger partial charge in [0.25, 0.3) is 6.30 Å². The van der Waals surface area contributed by atoms with Crippen molar-refractivity contribution in [1.82, 2.24) is 0 Å². The molecule has 0 aliphatic rings. The molecule has 1 unspecified atom stereocenters. The summed E-state index contributed by atoms with van der Waals surface area (Å²) in [5, 5.41) is 0. The number of nitrogens with zero attached hydrogens (tertiary/aromatic N) is 1. The van der Waals surface area contributed by atoms with Crippen molar-refractivity contribution >= 4 is 6.08 Å². The number of isocyanates is 1. The van der Waals surface area contributed by atoms with Gasteiger partial charge in [0.15, 0.2) is 0 Å². The van der Waals surface area contributed by atoms with Crippen LogP contribution in [0.15, 0.2) is 4.99 Å². The molecule has 0 aromatic carbocycles. The van der Waals surface area contributed by atoms with Gasteiger partial charge in [-0.15, -0.1) is 0 Å². The summed E-state index contributed by atoms with van der Waals surface area (Å²) in [4.78, 5) is 11.0. The molecule has 0 bridgehead atoms. The first-order chi connectivity index (χ1) is 4.92. The monoisotopic (exact) mass is 175 g/mol. The maximum atomic E-state index is 11.8. The highest BCUT2D eigenvalue weighted by Gasteiger charge is 2.50. The van der Waals surface area contributed by atoms with Crippen LogP contribution in [0.3, 0.4) is 0 Å². The van der Waals surface area contributed by atoms with E-state index in [2.05, 4.69) is 0 Å². The van der Waals surface area contributed by atoms with Crippen molar-refractivity contribution < 1.29 is 26.7 Å². The number of rotatable bonds is 3. The Morgan fingerprint density at radius 2 is 1.73 bits per heavy atom. The van der Waals surface area contributed by atoms with Gasteiger partial charge in [-0.25, -0.2) is 18.0 Å². The Hall–Kier alpha value is -0.970. The van der Waals surface area contributed by atoms with Gasteiger partial charge in [-0.1, -0.05) is 0 Å². The summed E-state index contributed by atoms with van der Waals surface area (Å²) in [6, 6.07) is 0. The van der Waals surface area contributed by atoms with Crippen LogP contribution in [-0.2, 0) is 4.79 Å². The van der Waals surface area contributed by atoms with E-state index in [0.717, 1.165) is 0 Å². The van der Waals surface area contributed by atoms with Crippen LogP contribution in [0.1, 0.15) is 0 Å². The number of hydrogen-bond acceptors (Lipinski definition) is 2. The van der Waals surface area contributed by atoms with Gasteiger partial charge >= 0.3 is 12.3 Å². The van der Waals surface area contributed by atoms with Crippen molar-refractivity contribution in [2.75, 3.05) is 0 Å². The third-order valence-corrected chi connectivity index (χ3v) is 0.775. The van der Waals surface area contributed by atoms with E-state index in [-0.39, 0.29) is 0 Å². The van der Waals surface area contributed by atoms with E-state index >= 15 is 0 Å². The van der Waals surface area contributed by atoms with E-state index in [1.54, 1.807) is 0 Å². The molecule has 0 aromatic heterocycles. The van der Waals surface area contributed by atoms with Gasteiger partial charge in [-0.3, -0.25) is 0 Å². The zero-order valence-electron chi connectivity index (χ0n) is 4.90. The van der Waals surface area contributed by atoms with Crippen LogP contribution in [0.5, 0.6) is 0 Å². The van der Waals surface area contributed by atoms with Crippen LogP contribution in [0.4, 0.5) is 22.0 Å². The second kappa shape index (κ2) is 3.43. The fourth-order valence-corrected chi connectivity index (χ4v) is 0.236. The molecule has 0 fully saturated rings. The SMILES string of the molecule is O=C=NC(F)C(F)(F)C(F)F. The van der Waals surface area contributed by atoms with Crippen LogP contribution < -0.4 is 0 Å². The van der Waals surface area contributed by atoms with Gasteiger partial charge in [-0.2, -0.15) is 13.8 Å². The second-order valence-corrected chi connectivity index (χ2v) is 1.53. The zero-order valence-corrected chi connectivity index (χ0v) is 4.90. The van der Waals surface area contributed by atoms with E-state index in [0.29, 0.717) is 6.08 Å². The summed E-state index contributed by atoms with van der Waals surface area (Å²) in [5.41, 5.74) is 0. The number of aliphatic imine (C=N–C) groups is 1. The van der Waals surface area contributed by atoms with E-state index < -0.39 is 18.6 Å². The van der Waals surface area contributed by atoms with Gasteiger partial charge in [0, 0.05) is 0 Å². The molecule has 0 radical (unpaired) electrons. The Labute approximate surface area is 57.7 Å². The zero-order chi connectivity index (χ0) is 9.07. The van der Waals surface area contributed by atoms with E-state index in [9.17, 15) is 26.7 Å². The first-order valence-electron chi connectivity index (χ1n) is 2.30. The van der Waals surface area contributed by atoms with E-state index in [1.807, 2.05) is 4.99 Å². The standard InChI is InChI=1S/C4H2F5NO/c5-2(6)4(8,9)3(7)10-1-11/h2-3H. The molecule has 1 atom stereocenters. The molecule has 0 aliphatic heterocycles. The lowest BCUT2D eigenvalue weighted by Gasteiger charge is -2.14. The van der Waals surface area contributed by atoms with Crippen LogP contribution in [0.2, 0.25) is 0 Å². The minimum Gasteiger partial charge on any atom is -0.214 e. The van der Waals surface area contributed by atoms with Crippen molar-refractivity contribution in [1.29, 1.82) is 0 Å². The minimum atomic E-state index is -4.92. The van der Waals surface area contributed by atoms with Crippen LogP contribution in [0.25, 0.3) is 0 Å². The lowest BCUT2D eigenvalue weighted by Crippen LogP contribution is -2.36. The molecular formula is C4H2F5NO. The number of halogens is 5. The summed E-state index contributed by atoms with van der Waals surface area (Å²) in [5.74, 6) is -4.92. The van der Waals surface area contributed by atoms with Gasteiger partial charge in [-0.05, 0) is 0 Å². The van der Waals surface area contributed by atoms with E-state index in [4.69, 9.17) is 0 Å². The Balaban J connectivity index is 4.40. The minimum absolute atomic E-state index is 0.415. The highest BCUT2D eigenvalue weighted by molar-refractivity contribution is 5.33.